The van der Waals surface area contributed by atoms with Gasteiger partial charge in [0, 0.05) is 12.2 Å². The molecule has 2 N–H and O–H groups in total. The van der Waals surface area contributed by atoms with Crippen LogP contribution < -0.4 is 10.6 Å². The van der Waals surface area contributed by atoms with Gasteiger partial charge < -0.3 is 10.6 Å². The van der Waals surface area contributed by atoms with Crippen molar-refractivity contribution in [3.05, 3.63) is 83.8 Å². The number of amides is 1. The fourth-order valence-corrected chi connectivity index (χ4v) is 2.25. The highest BCUT2D eigenvalue weighted by molar-refractivity contribution is 6.02. The molecule has 25 heavy (non-hydrogen) atoms. The molecule has 2 aromatic carbocycles. The van der Waals surface area contributed by atoms with E-state index in [4.69, 9.17) is 0 Å². The van der Waals surface area contributed by atoms with Gasteiger partial charge in [0.15, 0.2) is 5.69 Å². The van der Waals surface area contributed by atoms with Gasteiger partial charge in [0.05, 0.1) is 0 Å². The van der Waals surface area contributed by atoms with Crippen LogP contribution >= 0.6 is 0 Å². The summed E-state index contributed by atoms with van der Waals surface area (Å²) in [6.07, 6.45) is 0.734. The van der Waals surface area contributed by atoms with Crippen molar-refractivity contribution in [2.24, 2.45) is 0 Å². The normalized spacial score (nSPS) is 10.3. The van der Waals surface area contributed by atoms with Crippen molar-refractivity contribution in [3.8, 4) is 0 Å². The SMILES string of the molecule is O=C(Nc1ccccc1)c1ccc(NCCc2ccc(F)cc2)nn1. The Morgan fingerprint density at radius 2 is 1.68 bits per heavy atom. The summed E-state index contributed by atoms with van der Waals surface area (Å²) in [5.41, 5.74) is 1.98. The zero-order valence-electron chi connectivity index (χ0n) is 13.4. The van der Waals surface area contributed by atoms with E-state index in [1.54, 1.807) is 36.4 Å². The van der Waals surface area contributed by atoms with E-state index in [1.165, 1.54) is 12.1 Å². The monoisotopic (exact) mass is 336 g/mol. The lowest BCUT2D eigenvalue weighted by molar-refractivity contribution is 0.102. The molecule has 6 heteroatoms. The minimum absolute atomic E-state index is 0.243. The smallest absolute Gasteiger partial charge is 0.276 e. The van der Waals surface area contributed by atoms with Crippen molar-refractivity contribution in [2.75, 3.05) is 17.2 Å². The van der Waals surface area contributed by atoms with Crippen LogP contribution in [0.15, 0.2) is 66.7 Å². The summed E-state index contributed by atoms with van der Waals surface area (Å²) in [6, 6.07) is 18.9. The van der Waals surface area contributed by atoms with Gasteiger partial charge in [0.25, 0.3) is 5.91 Å². The van der Waals surface area contributed by atoms with E-state index in [0.29, 0.717) is 18.1 Å². The maximum absolute atomic E-state index is 12.8. The van der Waals surface area contributed by atoms with Crippen LogP contribution in [0.25, 0.3) is 0 Å². The molecule has 1 amide bonds. The highest BCUT2D eigenvalue weighted by Crippen LogP contribution is 2.09. The van der Waals surface area contributed by atoms with Crippen LogP contribution in [-0.2, 0) is 6.42 Å². The maximum Gasteiger partial charge on any atom is 0.276 e. The largest absolute Gasteiger partial charge is 0.368 e. The molecule has 1 heterocycles. The second-order valence-corrected chi connectivity index (χ2v) is 5.43. The number of benzene rings is 2. The van der Waals surface area contributed by atoms with Gasteiger partial charge in [0.1, 0.15) is 11.6 Å². The number of anilines is 2. The van der Waals surface area contributed by atoms with Crippen LogP contribution in [-0.4, -0.2) is 22.6 Å². The minimum Gasteiger partial charge on any atom is -0.368 e. The predicted octanol–water partition coefficient (Wildman–Crippen LogP) is 3.52. The topological polar surface area (TPSA) is 66.9 Å². The Morgan fingerprint density at radius 1 is 0.920 bits per heavy atom. The van der Waals surface area contributed by atoms with E-state index in [0.717, 1.165) is 12.0 Å². The number of carbonyl (C=O) groups is 1. The van der Waals surface area contributed by atoms with E-state index in [-0.39, 0.29) is 17.4 Å². The number of rotatable bonds is 6. The summed E-state index contributed by atoms with van der Waals surface area (Å²) >= 11 is 0. The minimum atomic E-state index is -0.309. The first-order chi connectivity index (χ1) is 12.2. The third-order valence-electron chi connectivity index (χ3n) is 3.56. The molecular formula is C19H17FN4O. The maximum atomic E-state index is 12.8. The van der Waals surface area contributed by atoms with Crippen molar-refractivity contribution in [1.29, 1.82) is 0 Å². The highest BCUT2D eigenvalue weighted by Gasteiger charge is 2.08. The van der Waals surface area contributed by atoms with Gasteiger partial charge in [-0.05, 0) is 48.4 Å². The summed E-state index contributed by atoms with van der Waals surface area (Å²) in [5, 5.41) is 13.8. The number of para-hydroxylation sites is 1. The lowest BCUT2D eigenvalue weighted by Gasteiger charge is -2.07. The van der Waals surface area contributed by atoms with E-state index < -0.39 is 0 Å². The molecule has 126 valence electrons. The van der Waals surface area contributed by atoms with Crippen LogP contribution in [0.2, 0.25) is 0 Å². The van der Waals surface area contributed by atoms with Gasteiger partial charge in [0.2, 0.25) is 0 Å². The molecule has 1 aromatic heterocycles. The number of nitrogens with one attached hydrogen (secondary N) is 2. The highest BCUT2D eigenvalue weighted by atomic mass is 19.1. The Kier molecular flexibility index (Phi) is 5.31. The summed E-state index contributed by atoms with van der Waals surface area (Å²) in [7, 11) is 0. The lowest BCUT2D eigenvalue weighted by Crippen LogP contribution is -2.15. The van der Waals surface area contributed by atoms with E-state index in [1.807, 2.05) is 18.2 Å². The van der Waals surface area contributed by atoms with Crippen LogP contribution in [0, 0.1) is 5.82 Å². The van der Waals surface area contributed by atoms with Crippen LogP contribution in [0.3, 0.4) is 0 Å². The van der Waals surface area contributed by atoms with Crippen molar-refractivity contribution >= 4 is 17.4 Å². The second kappa shape index (κ2) is 8.01. The molecule has 0 atom stereocenters. The fourth-order valence-electron chi connectivity index (χ4n) is 2.25. The van der Waals surface area contributed by atoms with Crippen molar-refractivity contribution in [1.82, 2.24) is 10.2 Å². The molecule has 0 aliphatic heterocycles. The zero-order chi connectivity index (χ0) is 17.5. The van der Waals surface area contributed by atoms with E-state index >= 15 is 0 Å². The third kappa shape index (κ3) is 4.84. The summed E-state index contributed by atoms with van der Waals surface area (Å²) in [5.74, 6) is 0.0295. The number of nitrogens with zero attached hydrogens (tertiary/aromatic N) is 2. The summed E-state index contributed by atoms with van der Waals surface area (Å²) < 4.78 is 12.8. The first-order valence-electron chi connectivity index (χ1n) is 7.89. The van der Waals surface area contributed by atoms with Gasteiger partial charge in [-0.1, -0.05) is 30.3 Å². The van der Waals surface area contributed by atoms with Crippen molar-refractivity contribution in [2.45, 2.75) is 6.42 Å². The lowest BCUT2D eigenvalue weighted by atomic mass is 10.1. The van der Waals surface area contributed by atoms with E-state index in [2.05, 4.69) is 20.8 Å². The Balaban J connectivity index is 1.51. The summed E-state index contributed by atoms with van der Waals surface area (Å²) in [4.78, 5) is 12.1. The van der Waals surface area contributed by atoms with Gasteiger partial charge in [-0.15, -0.1) is 10.2 Å². The molecule has 3 aromatic rings. The second-order valence-electron chi connectivity index (χ2n) is 5.43. The van der Waals surface area contributed by atoms with Crippen LogP contribution in [0.5, 0.6) is 0 Å². The predicted molar refractivity (Wildman–Crippen MR) is 95.0 cm³/mol. The van der Waals surface area contributed by atoms with Crippen molar-refractivity contribution in [3.63, 3.8) is 0 Å². The molecule has 0 fully saturated rings. The first kappa shape index (κ1) is 16.6. The fraction of sp³-hybridized carbons (Fsp3) is 0.105. The Morgan fingerprint density at radius 3 is 2.36 bits per heavy atom. The number of hydrogen-bond donors (Lipinski definition) is 2. The van der Waals surface area contributed by atoms with Crippen LogP contribution in [0.1, 0.15) is 16.1 Å². The molecule has 0 spiro atoms. The number of hydrogen-bond acceptors (Lipinski definition) is 4. The third-order valence-corrected chi connectivity index (χ3v) is 3.56. The molecule has 0 saturated heterocycles. The molecule has 0 unspecified atom stereocenters. The average molecular weight is 336 g/mol. The number of carbonyl (C=O) groups excluding carboxylic acids is 1. The molecule has 0 bridgehead atoms. The quantitative estimate of drug-likeness (QED) is 0.723. The standard InChI is InChI=1S/C19H17FN4O/c20-15-8-6-14(7-9-15)12-13-21-18-11-10-17(23-24-18)19(25)22-16-4-2-1-3-5-16/h1-11H,12-13H2,(H,21,24)(H,22,25). The molecule has 0 radical (unpaired) electrons. The van der Waals surface area contributed by atoms with E-state index in [9.17, 15) is 9.18 Å². The van der Waals surface area contributed by atoms with Gasteiger partial charge in [-0.3, -0.25) is 4.79 Å². The number of halogens is 1. The van der Waals surface area contributed by atoms with Crippen LogP contribution in [0.4, 0.5) is 15.9 Å². The van der Waals surface area contributed by atoms with Crippen molar-refractivity contribution < 1.29 is 9.18 Å². The first-order valence-corrected chi connectivity index (χ1v) is 7.89. The molecule has 0 aliphatic carbocycles. The number of aromatic nitrogens is 2. The Hall–Kier alpha value is -3.28. The summed E-state index contributed by atoms with van der Waals surface area (Å²) in [6.45, 7) is 0.635. The zero-order valence-corrected chi connectivity index (χ0v) is 13.4. The van der Waals surface area contributed by atoms with Gasteiger partial charge in [-0.2, -0.15) is 0 Å². The Bertz CT molecular complexity index is 820. The van der Waals surface area contributed by atoms with Gasteiger partial charge >= 0.3 is 0 Å². The van der Waals surface area contributed by atoms with Gasteiger partial charge in [-0.25, -0.2) is 4.39 Å². The molecule has 5 nitrogen and oxygen atoms in total. The Labute approximate surface area is 144 Å². The molecule has 0 aliphatic rings. The molecule has 0 saturated carbocycles. The molecule has 3 rings (SSSR count). The average Bonchev–Trinajstić information content (AvgIpc) is 2.65. The molecular weight excluding hydrogens is 319 g/mol.